The summed E-state index contributed by atoms with van der Waals surface area (Å²) in [7, 11) is 1.56. The minimum Gasteiger partial charge on any atom is -0.456 e. The van der Waals surface area contributed by atoms with Crippen molar-refractivity contribution in [2.45, 2.75) is 19.0 Å². The molecule has 0 radical (unpaired) electrons. The van der Waals surface area contributed by atoms with Gasteiger partial charge < -0.3 is 10.1 Å². The summed E-state index contributed by atoms with van der Waals surface area (Å²) < 4.78 is 43.9. The number of carbonyl (C=O) groups is 2. The Morgan fingerprint density at radius 2 is 1.77 bits per heavy atom. The molecule has 0 aliphatic rings. The fraction of sp³-hybridized carbons (Fsp3) is 0.238. The summed E-state index contributed by atoms with van der Waals surface area (Å²) in [6, 6.07) is 10.7. The third-order valence-corrected chi connectivity index (χ3v) is 4.49. The highest BCUT2D eigenvalue weighted by Crippen LogP contribution is 2.29. The van der Waals surface area contributed by atoms with Crippen molar-refractivity contribution in [3.63, 3.8) is 0 Å². The van der Waals surface area contributed by atoms with E-state index in [2.05, 4.69) is 10.3 Å². The molecule has 0 bridgehead atoms. The molecule has 10 heteroatoms. The van der Waals surface area contributed by atoms with Crippen LogP contribution in [0.15, 0.2) is 53.3 Å². The summed E-state index contributed by atoms with van der Waals surface area (Å²) in [5.41, 5.74) is -0.409. The number of alkyl halides is 3. The van der Waals surface area contributed by atoms with Crippen LogP contribution < -0.4 is 10.9 Å². The molecule has 0 aliphatic carbocycles. The smallest absolute Gasteiger partial charge is 0.416 e. The summed E-state index contributed by atoms with van der Waals surface area (Å²) in [5.74, 6) is -0.968. The maximum Gasteiger partial charge on any atom is 0.416 e. The van der Waals surface area contributed by atoms with Gasteiger partial charge in [0.05, 0.1) is 22.9 Å². The number of aromatic nitrogens is 2. The first-order valence-electron chi connectivity index (χ1n) is 9.22. The predicted molar refractivity (Wildman–Crippen MR) is 106 cm³/mol. The molecule has 0 atom stereocenters. The summed E-state index contributed by atoms with van der Waals surface area (Å²) in [6.07, 6.45) is -4.44. The lowest BCUT2D eigenvalue weighted by molar-refractivity contribution is -0.147. The molecule has 0 spiro atoms. The number of hydrogen-bond donors (Lipinski definition) is 1. The molecule has 3 aromatic rings. The van der Waals surface area contributed by atoms with Gasteiger partial charge in [0.2, 0.25) is 0 Å². The molecule has 0 saturated heterocycles. The molecule has 0 fully saturated rings. The fourth-order valence-electron chi connectivity index (χ4n) is 2.86. The minimum absolute atomic E-state index is 0.105. The van der Waals surface area contributed by atoms with E-state index >= 15 is 0 Å². The number of benzene rings is 2. The number of amides is 1. The van der Waals surface area contributed by atoms with Gasteiger partial charge in [-0.2, -0.15) is 13.2 Å². The maximum absolute atomic E-state index is 12.5. The number of nitrogens with one attached hydrogen (secondary N) is 1. The van der Waals surface area contributed by atoms with Crippen LogP contribution >= 0.6 is 0 Å². The lowest BCUT2D eigenvalue weighted by Gasteiger charge is -2.10. The molecule has 1 heterocycles. The van der Waals surface area contributed by atoms with Crippen LogP contribution in [0.5, 0.6) is 0 Å². The number of nitrogens with zero attached hydrogens (tertiary/aromatic N) is 2. The van der Waals surface area contributed by atoms with E-state index in [1.165, 1.54) is 4.57 Å². The van der Waals surface area contributed by atoms with Gasteiger partial charge >= 0.3 is 12.1 Å². The SMILES string of the molecule is Cn1c(CCC(=O)OCC(=O)Nc2ccc(C(F)(F)F)cc2)nc2ccccc2c1=O. The van der Waals surface area contributed by atoms with E-state index in [1.807, 2.05) is 0 Å². The first-order valence-corrected chi connectivity index (χ1v) is 9.22. The largest absolute Gasteiger partial charge is 0.456 e. The van der Waals surface area contributed by atoms with Gasteiger partial charge in [-0.1, -0.05) is 12.1 Å². The molecule has 7 nitrogen and oxygen atoms in total. The van der Waals surface area contributed by atoms with Crippen LogP contribution in [-0.2, 0) is 34.0 Å². The van der Waals surface area contributed by atoms with Gasteiger partial charge in [0.25, 0.3) is 11.5 Å². The number of ether oxygens (including phenoxy) is 1. The Kier molecular flexibility index (Phi) is 6.38. The molecular formula is C21H18F3N3O4. The highest BCUT2D eigenvalue weighted by molar-refractivity contribution is 5.92. The van der Waals surface area contributed by atoms with Crippen LogP contribution in [0.1, 0.15) is 17.8 Å². The lowest BCUT2D eigenvalue weighted by Crippen LogP contribution is -2.24. The first kappa shape index (κ1) is 22.0. The van der Waals surface area contributed by atoms with Gasteiger partial charge in [-0.15, -0.1) is 0 Å². The Morgan fingerprint density at radius 1 is 1.10 bits per heavy atom. The van der Waals surface area contributed by atoms with Crippen molar-refractivity contribution in [3.8, 4) is 0 Å². The van der Waals surface area contributed by atoms with Crippen LogP contribution in [0.3, 0.4) is 0 Å². The highest BCUT2D eigenvalue weighted by Gasteiger charge is 2.30. The zero-order valence-corrected chi connectivity index (χ0v) is 16.4. The molecule has 3 rings (SSSR count). The van der Waals surface area contributed by atoms with E-state index in [-0.39, 0.29) is 24.1 Å². The summed E-state index contributed by atoms with van der Waals surface area (Å²) >= 11 is 0. The topological polar surface area (TPSA) is 90.3 Å². The van der Waals surface area contributed by atoms with Crippen molar-refractivity contribution in [2.75, 3.05) is 11.9 Å². The van der Waals surface area contributed by atoms with E-state index in [9.17, 15) is 27.6 Å². The zero-order valence-electron chi connectivity index (χ0n) is 16.4. The number of rotatable bonds is 6. The number of carbonyl (C=O) groups excluding carboxylic acids is 2. The van der Waals surface area contributed by atoms with Crippen molar-refractivity contribution in [2.24, 2.45) is 7.05 Å². The molecule has 1 aromatic heterocycles. The summed E-state index contributed by atoms with van der Waals surface area (Å²) in [6.45, 7) is -0.593. The molecule has 2 aromatic carbocycles. The average molecular weight is 433 g/mol. The van der Waals surface area contributed by atoms with Crippen molar-refractivity contribution < 1.29 is 27.5 Å². The predicted octanol–water partition coefficient (Wildman–Crippen LogP) is 3.07. The van der Waals surface area contributed by atoms with Crippen molar-refractivity contribution in [1.82, 2.24) is 9.55 Å². The molecule has 0 unspecified atom stereocenters. The molecule has 31 heavy (non-hydrogen) atoms. The van der Waals surface area contributed by atoms with Gasteiger partial charge in [0, 0.05) is 19.2 Å². The van der Waals surface area contributed by atoms with Gasteiger partial charge in [0.15, 0.2) is 6.61 Å². The second-order valence-electron chi connectivity index (χ2n) is 6.69. The van der Waals surface area contributed by atoms with Crippen LogP contribution in [0.2, 0.25) is 0 Å². The van der Waals surface area contributed by atoms with Gasteiger partial charge in [-0.3, -0.25) is 19.0 Å². The number of halogens is 3. The summed E-state index contributed by atoms with van der Waals surface area (Å²) in [4.78, 5) is 40.5. The van der Waals surface area contributed by atoms with Crippen molar-refractivity contribution >= 4 is 28.5 Å². The molecule has 0 saturated carbocycles. The third-order valence-electron chi connectivity index (χ3n) is 4.49. The van der Waals surface area contributed by atoms with Crippen molar-refractivity contribution in [1.29, 1.82) is 0 Å². The quantitative estimate of drug-likeness (QED) is 0.604. The Balaban J connectivity index is 1.51. The Bertz CT molecular complexity index is 1170. The Morgan fingerprint density at radius 3 is 2.45 bits per heavy atom. The Labute approximate surface area is 174 Å². The number of para-hydroxylation sites is 1. The highest BCUT2D eigenvalue weighted by atomic mass is 19.4. The van der Waals surface area contributed by atoms with E-state index in [1.54, 1.807) is 31.3 Å². The molecule has 162 valence electrons. The van der Waals surface area contributed by atoms with E-state index in [4.69, 9.17) is 4.74 Å². The first-order chi connectivity index (χ1) is 14.6. The number of esters is 1. The van der Waals surface area contributed by atoms with Gasteiger partial charge in [-0.25, -0.2) is 4.98 Å². The van der Waals surface area contributed by atoms with E-state index in [0.717, 1.165) is 24.3 Å². The minimum atomic E-state index is -4.47. The lowest BCUT2D eigenvalue weighted by atomic mass is 10.2. The van der Waals surface area contributed by atoms with E-state index in [0.29, 0.717) is 16.7 Å². The number of aryl methyl sites for hydroxylation is 1. The number of fused-ring (bicyclic) bond motifs is 1. The van der Waals surface area contributed by atoms with Crippen LogP contribution in [0.4, 0.5) is 18.9 Å². The monoisotopic (exact) mass is 433 g/mol. The Hall–Kier alpha value is -3.69. The number of hydrogen-bond acceptors (Lipinski definition) is 5. The van der Waals surface area contributed by atoms with Crippen LogP contribution in [0.25, 0.3) is 10.9 Å². The van der Waals surface area contributed by atoms with Gasteiger partial charge in [-0.05, 0) is 36.4 Å². The standard InChI is InChI=1S/C21H18F3N3O4/c1-27-17(26-16-5-3-2-4-15(16)20(27)30)10-11-19(29)31-12-18(28)25-14-8-6-13(7-9-14)21(22,23)24/h2-9H,10-12H2,1H3,(H,25,28). The maximum atomic E-state index is 12.5. The fourth-order valence-corrected chi connectivity index (χ4v) is 2.86. The second-order valence-corrected chi connectivity index (χ2v) is 6.69. The van der Waals surface area contributed by atoms with Crippen molar-refractivity contribution in [3.05, 3.63) is 70.3 Å². The number of anilines is 1. The second kappa shape index (κ2) is 8.99. The van der Waals surface area contributed by atoms with Gasteiger partial charge in [0.1, 0.15) is 5.82 Å². The molecule has 1 N–H and O–H groups in total. The molecule has 0 aliphatic heterocycles. The molecule has 1 amide bonds. The zero-order chi connectivity index (χ0) is 22.6. The third kappa shape index (κ3) is 5.47. The van der Waals surface area contributed by atoms with E-state index < -0.39 is 30.2 Å². The normalized spacial score (nSPS) is 11.4. The molecular weight excluding hydrogens is 415 g/mol. The van der Waals surface area contributed by atoms with Crippen LogP contribution in [0, 0.1) is 0 Å². The summed E-state index contributed by atoms with van der Waals surface area (Å²) in [5, 5.41) is 2.81. The van der Waals surface area contributed by atoms with Crippen LogP contribution in [-0.4, -0.2) is 28.0 Å². The average Bonchev–Trinajstić information content (AvgIpc) is 2.73.